The van der Waals surface area contributed by atoms with E-state index in [9.17, 15) is 0 Å². The van der Waals surface area contributed by atoms with Gasteiger partial charge >= 0.3 is 0 Å². The highest BCUT2D eigenvalue weighted by molar-refractivity contribution is 7.12. The number of hydrogen-bond donors (Lipinski definition) is 1. The van der Waals surface area contributed by atoms with Crippen LogP contribution < -0.4 is 5.32 Å². The summed E-state index contributed by atoms with van der Waals surface area (Å²) < 4.78 is 0. The molecule has 92 valence electrons. The van der Waals surface area contributed by atoms with Crippen LogP contribution in [0, 0.1) is 13.8 Å². The summed E-state index contributed by atoms with van der Waals surface area (Å²) in [6.07, 6.45) is 5.28. The van der Waals surface area contributed by atoms with Crippen LogP contribution in [0.3, 0.4) is 0 Å². The lowest BCUT2D eigenvalue weighted by molar-refractivity contribution is 0.491. The fourth-order valence-electron chi connectivity index (χ4n) is 2.18. The minimum Gasteiger partial charge on any atom is -0.310 e. The third kappa shape index (κ3) is 3.91. The molecule has 1 nitrogen and oxygen atoms in total. The van der Waals surface area contributed by atoms with Crippen molar-refractivity contribution in [2.75, 3.05) is 6.54 Å². The van der Waals surface area contributed by atoms with Crippen LogP contribution >= 0.6 is 11.3 Å². The molecule has 0 saturated heterocycles. The molecule has 0 fully saturated rings. The summed E-state index contributed by atoms with van der Waals surface area (Å²) >= 11 is 1.96. The number of aryl methyl sites for hydroxylation is 2. The molecule has 0 aliphatic heterocycles. The van der Waals surface area contributed by atoms with E-state index in [0.717, 1.165) is 6.54 Å². The van der Waals surface area contributed by atoms with Crippen molar-refractivity contribution < 1.29 is 0 Å². The molecule has 1 unspecified atom stereocenters. The van der Waals surface area contributed by atoms with E-state index in [2.05, 4.69) is 39.1 Å². The van der Waals surface area contributed by atoms with Gasteiger partial charge in [-0.2, -0.15) is 0 Å². The van der Waals surface area contributed by atoms with Crippen molar-refractivity contribution in [3.05, 3.63) is 21.4 Å². The third-order valence-electron chi connectivity index (χ3n) is 2.94. The van der Waals surface area contributed by atoms with Crippen LogP contribution in [0.15, 0.2) is 6.07 Å². The first-order valence-corrected chi connectivity index (χ1v) is 7.31. The van der Waals surface area contributed by atoms with E-state index in [1.165, 1.54) is 36.1 Å². The molecule has 16 heavy (non-hydrogen) atoms. The van der Waals surface area contributed by atoms with Crippen LogP contribution in [0.25, 0.3) is 0 Å². The molecule has 1 heterocycles. The first-order chi connectivity index (χ1) is 7.69. The van der Waals surface area contributed by atoms with Gasteiger partial charge in [0.2, 0.25) is 0 Å². The quantitative estimate of drug-likeness (QED) is 0.686. The van der Waals surface area contributed by atoms with Crippen molar-refractivity contribution in [1.82, 2.24) is 5.32 Å². The van der Waals surface area contributed by atoms with E-state index in [0.29, 0.717) is 6.04 Å². The van der Waals surface area contributed by atoms with Crippen LogP contribution in [-0.2, 0) is 0 Å². The van der Waals surface area contributed by atoms with E-state index in [1.54, 1.807) is 4.88 Å². The van der Waals surface area contributed by atoms with Crippen molar-refractivity contribution in [3.8, 4) is 0 Å². The molecule has 1 aromatic heterocycles. The van der Waals surface area contributed by atoms with Gasteiger partial charge < -0.3 is 5.32 Å². The maximum atomic E-state index is 3.62. The maximum Gasteiger partial charge on any atom is 0.0417 e. The van der Waals surface area contributed by atoms with Crippen molar-refractivity contribution in [2.45, 2.75) is 59.4 Å². The molecule has 0 radical (unpaired) electrons. The van der Waals surface area contributed by atoms with Crippen molar-refractivity contribution in [2.24, 2.45) is 0 Å². The zero-order valence-electron chi connectivity index (χ0n) is 11.1. The lowest BCUT2D eigenvalue weighted by Crippen LogP contribution is -2.20. The Kier molecular flexibility index (Phi) is 6.07. The van der Waals surface area contributed by atoms with Gasteiger partial charge in [0.15, 0.2) is 0 Å². The highest BCUT2D eigenvalue weighted by Crippen LogP contribution is 2.30. The van der Waals surface area contributed by atoms with Crippen LogP contribution in [0.1, 0.15) is 60.9 Å². The van der Waals surface area contributed by atoms with Crippen molar-refractivity contribution in [3.63, 3.8) is 0 Å². The molecule has 1 N–H and O–H groups in total. The van der Waals surface area contributed by atoms with E-state index >= 15 is 0 Å². The van der Waals surface area contributed by atoms with Crippen LogP contribution in [-0.4, -0.2) is 6.54 Å². The summed E-state index contributed by atoms with van der Waals surface area (Å²) in [4.78, 5) is 2.99. The fourth-order valence-corrected chi connectivity index (χ4v) is 3.32. The number of nitrogens with one attached hydrogen (secondary N) is 1. The van der Waals surface area contributed by atoms with Gasteiger partial charge in [-0.3, -0.25) is 0 Å². The average molecular weight is 239 g/mol. The van der Waals surface area contributed by atoms with Gasteiger partial charge in [-0.05, 0) is 38.4 Å². The Morgan fingerprint density at radius 3 is 2.50 bits per heavy atom. The normalized spacial score (nSPS) is 13.0. The van der Waals surface area contributed by atoms with E-state index in [-0.39, 0.29) is 0 Å². The number of hydrogen-bond acceptors (Lipinski definition) is 2. The Balaban J connectivity index is 2.64. The second-order valence-corrected chi connectivity index (χ2v) is 5.80. The molecule has 1 aromatic rings. The summed E-state index contributed by atoms with van der Waals surface area (Å²) in [6.45, 7) is 9.97. The topological polar surface area (TPSA) is 12.0 Å². The smallest absolute Gasteiger partial charge is 0.0417 e. The van der Waals surface area contributed by atoms with Gasteiger partial charge in [0.25, 0.3) is 0 Å². The molecule has 1 atom stereocenters. The van der Waals surface area contributed by atoms with E-state index in [4.69, 9.17) is 0 Å². The van der Waals surface area contributed by atoms with E-state index < -0.39 is 0 Å². The molecule has 0 aliphatic rings. The second kappa shape index (κ2) is 7.08. The van der Waals surface area contributed by atoms with Gasteiger partial charge in [-0.25, -0.2) is 0 Å². The van der Waals surface area contributed by atoms with Crippen LogP contribution in [0.5, 0.6) is 0 Å². The largest absolute Gasteiger partial charge is 0.310 e. The minimum absolute atomic E-state index is 0.579. The summed E-state index contributed by atoms with van der Waals surface area (Å²) in [6, 6.07) is 2.89. The standard InChI is InChI=1S/C14H25NS/c1-5-7-8-9-13(15-6-2)14-11(3)10-12(4)16-14/h10,13,15H,5-9H2,1-4H3. The Morgan fingerprint density at radius 2 is 2.00 bits per heavy atom. The highest BCUT2D eigenvalue weighted by atomic mass is 32.1. The zero-order chi connectivity index (χ0) is 12.0. The summed E-state index contributed by atoms with van der Waals surface area (Å²) in [7, 11) is 0. The molecular weight excluding hydrogens is 214 g/mol. The lowest BCUT2D eigenvalue weighted by Gasteiger charge is -2.17. The third-order valence-corrected chi connectivity index (χ3v) is 4.21. The number of rotatable bonds is 7. The molecule has 0 spiro atoms. The van der Waals surface area contributed by atoms with E-state index in [1.807, 2.05) is 11.3 Å². The van der Waals surface area contributed by atoms with Gasteiger partial charge in [0.1, 0.15) is 0 Å². The molecule has 0 saturated carbocycles. The Bertz CT molecular complexity index is 304. The monoisotopic (exact) mass is 239 g/mol. The van der Waals surface area contributed by atoms with Crippen molar-refractivity contribution >= 4 is 11.3 Å². The maximum absolute atomic E-state index is 3.62. The first-order valence-electron chi connectivity index (χ1n) is 6.49. The predicted octanol–water partition coefficient (Wildman–Crippen LogP) is 4.60. The molecular formula is C14H25NS. The molecule has 0 bridgehead atoms. The molecule has 2 heteroatoms. The summed E-state index contributed by atoms with van der Waals surface area (Å²) in [5.41, 5.74) is 1.46. The average Bonchev–Trinajstić information content (AvgIpc) is 2.57. The summed E-state index contributed by atoms with van der Waals surface area (Å²) in [5.74, 6) is 0. The summed E-state index contributed by atoms with van der Waals surface area (Å²) in [5, 5.41) is 3.62. The fraction of sp³-hybridized carbons (Fsp3) is 0.714. The number of unbranched alkanes of at least 4 members (excludes halogenated alkanes) is 2. The lowest BCUT2D eigenvalue weighted by atomic mass is 10.0. The Hall–Kier alpha value is -0.340. The minimum atomic E-state index is 0.579. The second-order valence-electron chi connectivity index (χ2n) is 4.51. The zero-order valence-corrected chi connectivity index (χ0v) is 11.9. The number of thiophene rings is 1. The Morgan fingerprint density at radius 1 is 1.25 bits per heavy atom. The molecule has 1 rings (SSSR count). The Labute approximate surface area is 104 Å². The molecule has 0 aliphatic carbocycles. The van der Waals surface area contributed by atoms with Crippen molar-refractivity contribution in [1.29, 1.82) is 0 Å². The highest BCUT2D eigenvalue weighted by Gasteiger charge is 2.14. The van der Waals surface area contributed by atoms with Gasteiger partial charge in [-0.15, -0.1) is 11.3 Å². The van der Waals surface area contributed by atoms with Gasteiger partial charge in [-0.1, -0.05) is 33.1 Å². The predicted molar refractivity (Wildman–Crippen MR) is 74.4 cm³/mol. The first kappa shape index (κ1) is 13.7. The molecule has 0 amide bonds. The van der Waals surface area contributed by atoms with Crippen LogP contribution in [0.4, 0.5) is 0 Å². The van der Waals surface area contributed by atoms with Crippen LogP contribution in [0.2, 0.25) is 0 Å². The SMILES string of the molecule is CCCCCC(NCC)c1sc(C)cc1C. The van der Waals surface area contributed by atoms with Gasteiger partial charge in [0, 0.05) is 15.8 Å². The van der Waals surface area contributed by atoms with Gasteiger partial charge in [0.05, 0.1) is 0 Å². The molecule has 0 aromatic carbocycles.